The molecule has 0 amide bonds. The number of Topliss-reactive ketones (excluding diaryl/α,β-unsaturated/α-hetero) is 2. The lowest BCUT2D eigenvalue weighted by molar-refractivity contribution is -0.135. The number of rotatable bonds is 5. The van der Waals surface area contributed by atoms with Crippen molar-refractivity contribution in [2.24, 2.45) is 0 Å². The maximum Gasteiger partial charge on any atom is 0.470 e. The van der Waals surface area contributed by atoms with Gasteiger partial charge in [0.15, 0.2) is 0 Å². The first-order chi connectivity index (χ1) is 5.74. The van der Waals surface area contributed by atoms with E-state index in [1.54, 1.807) is 0 Å². The maximum atomic E-state index is 10.8. The van der Waals surface area contributed by atoms with Crippen LogP contribution in [0.1, 0.15) is 6.92 Å². The fourth-order valence-electron chi connectivity index (χ4n) is 0.446. The normalized spacial score (nSPS) is 11.0. The minimum atomic E-state index is -4.69. The molecule has 0 fully saturated rings. The van der Waals surface area contributed by atoms with Gasteiger partial charge in [-0.2, -0.15) is 0 Å². The molecule has 0 saturated carbocycles. The van der Waals surface area contributed by atoms with Crippen molar-refractivity contribution < 1.29 is 28.5 Å². The number of carbonyl (C=O) groups excluding carboxylic acids is 2. The third-order valence-electron chi connectivity index (χ3n) is 1.00. The van der Waals surface area contributed by atoms with Crippen molar-refractivity contribution in [3.05, 3.63) is 12.2 Å². The fourth-order valence-corrected chi connectivity index (χ4v) is 0.732. The third-order valence-corrected chi connectivity index (χ3v) is 1.47. The summed E-state index contributed by atoms with van der Waals surface area (Å²) < 4.78 is 13.9. The highest BCUT2D eigenvalue weighted by Crippen LogP contribution is 2.35. The molecule has 0 aliphatic carbocycles. The Morgan fingerprint density at radius 2 is 1.92 bits per heavy atom. The van der Waals surface area contributed by atoms with Crippen molar-refractivity contribution >= 4 is 19.4 Å². The van der Waals surface area contributed by atoms with E-state index in [4.69, 9.17) is 9.79 Å². The SMILES string of the molecule is C=C(C)C(=O)C(=O)COP(=O)(O)O. The third kappa shape index (κ3) is 5.43. The number of phosphoric ester groups is 1. The van der Waals surface area contributed by atoms with Crippen molar-refractivity contribution in [3.8, 4) is 0 Å². The largest absolute Gasteiger partial charge is 0.470 e. The predicted octanol–water partition coefficient (Wildman–Crippen LogP) is -0.190. The van der Waals surface area contributed by atoms with Gasteiger partial charge in [0.1, 0.15) is 6.61 Å². The van der Waals surface area contributed by atoms with Gasteiger partial charge in [0, 0.05) is 0 Å². The molecule has 0 spiro atoms. The number of hydrogen-bond donors (Lipinski definition) is 2. The average Bonchev–Trinajstić information content (AvgIpc) is 1.97. The van der Waals surface area contributed by atoms with Crippen LogP contribution < -0.4 is 0 Å². The molecule has 0 unspecified atom stereocenters. The van der Waals surface area contributed by atoms with Gasteiger partial charge in [-0.3, -0.25) is 14.1 Å². The Hall–Kier alpha value is -0.810. The van der Waals surface area contributed by atoms with E-state index >= 15 is 0 Å². The zero-order valence-electron chi connectivity index (χ0n) is 6.89. The van der Waals surface area contributed by atoms with Gasteiger partial charge >= 0.3 is 7.82 Å². The van der Waals surface area contributed by atoms with Crippen LogP contribution in [0.2, 0.25) is 0 Å². The van der Waals surface area contributed by atoms with Crippen molar-refractivity contribution in [3.63, 3.8) is 0 Å². The molecular weight excluding hydrogens is 199 g/mol. The molecule has 74 valence electrons. The molecule has 2 N–H and O–H groups in total. The fraction of sp³-hybridized carbons (Fsp3) is 0.333. The lowest BCUT2D eigenvalue weighted by Gasteiger charge is -2.02. The molecule has 0 aliphatic heterocycles. The summed E-state index contributed by atoms with van der Waals surface area (Å²) in [6, 6.07) is 0. The van der Waals surface area contributed by atoms with E-state index in [1.807, 2.05) is 0 Å². The molecule has 6 nitrogen and oxygen atoms in total. The summed E-state index contributed by atoms with van der Waals surface area (Å²) in [5, 5.41) is 0. The molecule has 0 aromatic rings. The Bertz CT molecular complexity index is 287. The van der Waals surface area contributed by atoms with Crippen molar-refractivity contribution in [1.29, 1.82) is 0 Å². The molecule has 13 heavy (non-hydrogen) atoms. The quantitative estimate of drug-likeness (QED) is 0.369. The van der Waals surface area contributed by atoms with Gasteiger partial charge in [0.05, 0.1) is 0 Å². The van der Waals surface area contributed by atoms with Crippen LogP contribution in [0.4, 0.5) is 0 Å². The van der Waals surface area contributed by atoms with Crippen LogP contribution in [-0.4, -0.2) is 28.0 Å². The second-order valence-corrected chi connectivity index (χ2v) is 3.54. The summed E-state index contributed by atoms with van der Waals surface area (Å²) in [5.41, 5.74) is -0.000637. The highest BCUT2D eigenvalue weighted by atomic mass is 31.2. The Balaban J connectivity index is 4.11. The highest BCUT2D eigenvalue weighted by molar-refractivity contribution is 7.46. The second-order valence-electron chi connectivity index (χ2n) is 2.30. The first-order valence-electron chi connectivity index (χ1n) is 3.17. The van der Waals surface area contributed by atoms with Gasteiger partial charge in [-0.15, -0.1) is 0 Å². The molecule has 0 atom stereocenters. The Morgan fingerprint density at radius 1 is 1.46 bits per heavy atom. The monoisotopic (exact) mass is 208 g/mol. The minimum Gasteiger partial charge on any atom is -0.303 e. The first-order valence-corrected chi connectivity index (χ1v) is 4.70. The van der Waals surface area contributed by atoms with Crippen LogP contribution in [-0.2, 0) is 18.7 Å². The van der Waals surface area contributed by atoms with E-state index < -0.39 is 26.0 Å². The smallest absolute Gasteiger partial charge is 0.303 e. The van der Waals surface area contributed by atoms with Crippen LogP contribution in [0, 0.1) is 0 Å². The van der Waals surface area contributed by atoms with Gasteiger partial charge in [-0.1, -0.05) is 6.58 Å². The van der Waals surface area contributed by atoms with Crippen LogP contribution in [0.3, 0.4) is 0 Å². The molecule has 0 aliphatic rings. The molecule has 0 rings (SSSR count). The first kappa shape index (κ1) is 12.2. The van der Waals surface area contributed by atoms with E-state index in [1.165, 1.54) is 6.92 Å². The molecule has 0 saturated heterocycles. The lowest BCUT2D eigenvalue weighted by atomic mass is 10.1. The zero-order valence-corrected chi connectivity index (χ0v) is 7.78. The predicted molar refractivity (Wildman–Crippen MR) is 42.8 cm³/mol. The van der Waals surface area contributed by atoms with Gasteiger partial charge in [-0.25, -0.2) is 4.57 Å². The topological polar surface area (TPSA) is 101 Å². The number of ketones is 2. The standard InChI is InChI=1S/C6H9O6P/c1-4(2)6(8)5(7)3-12-13(9,10)11/h1,3H2,2H3,(H2,9,10,11). The Kier molecular flexibility index (Phi) is 4.16. The molecular formula is C6H9O6P. The summed E-state index contributed by atoms with van der Waals surface area (Å²) in [7, 11) is -4.69. The van der Waals surface area contributed by atoms with E-state index in [-0.39, 0.29) is 5.57 Å². The van der Waals surface area contributed by atoms with E-state index in [9.17, 15) is 14.2 Å². The second kappa shape index (κ2) is 4.43. The summed E-state index contributed by atoms with van der Waals surface area (Å²) in [6.45, 7) is 3.58. The number of carbonyl (C=O) groups is 2. The van der Waals surface area contributed by atoms with Crippen molar-refractivity contribution in [2.45, 2.75) is 6.92 Å². The van der Waals surface area contributed by atoms with Crippen LogP contribution in [0.25, 0.3) is 0 Å². The van der Waals surface area contributed by atoms with Gasteiger partial charge in [0.25, 0.3) is 0 Å². The molecule has 0 heterocycles. The van der Waals surface area contributed by atoms with E-state index in [0.29, 0.717) is 0 Å². The minimum absolute atomic E-state index is 0.000637. The number of allylic oxidation sites excluding steroid dienone is 1. The van der Waals surface area contributed by atoms with Crippen molar-refractivity contribution in [1.82, 2.24) is 0 Å². The summed E-state index contributed by atoms with van der Waals surface area (Å²) >= 11 is 0. The van der Waals surface area contributed by atoms with Crippen LogP contribution in [0.15, 0.2) is 12.2 Å². The molecule has 0 aromatic carbocycles. The summed E-state index contributed by atoms with van der Waals surface area (Å²) in [4.78, 5) is 37.9. The Labute approximate surface area is 74.4 Å². The lowest BCUT2D eigenvalue weighted by Crippen LogP contribution is -2.19. The maximum absolute atomic E-state index is 10.8. The van der Waals surface area contributed by atoms with Crippen LogP contribution in [0.5, 0.6) is 0 Å². The molecule has 7 heteroatoms. The van der Waals surface area contributed by atoms with Gasteiger partial charge in [0.2, 0.25) is 11.6 Å². The van der Waals surface area contributed by atoms with E-state index in [0.717, 1.165) is 0 Å². The van der Waals surface area contributed by atoms with Crippen LogP contribution >= 0.6 is 7.82 Å². The van der Waals surface area contributed by atoms with Crippen molar-refractivity contribution in [2.75, 3.05) is 6.61 Å². The highest BCUT2D eigenvalue weighted by Gasteiger charge is 2.20. The number of hydrogen-bond acceptors (Lipinski definition) is 4. The zero-order chi connectivity index (χ0) is 10.6. The summed E-state index contributed by atoms with van der Waals surface area (Å²) in [6.07, 6.45) is 0. The van der Waals surface area contributed by atoms with Gasteiger partial charge < -0.3 is 9.79 Å². The van der Waals surface area contributed by atoms with Gasteiger partial charge in [-0.05, 0) is 12.5 Å². The molecule has 0 aromatic heterocycles. The summed E-state index contributed by atoms with van der Waals surface area (Å²) in [5.74, 6) is -1.93. The molecule has 0 radical (unpaired) electrons. The van der Waals surface area contributed by atoms with E-state index in [2.05, 4.69) is 11.1 Å². The average molecular weight is 208 g/mol. The number of phosphoric acid groups is 1. The Morgan fingerprint density at radius 3 is 2.23 bits per heavy atom. The molecule has 0 bridgehead atoms.